The number of carbonyl (C=O) groups excluding carboxylic acids is 1. The molecule has 138 valence electrons. The highest BCUT2D eigenvalue weighted by molar-refractivity contribution is 5.91. The molecular weight excluding hydrogens is 336 g/mol. The average molecular weight is 360 g/mol. The van der Waals surface area contributed by atoms with Crippen molar-refractivity contribution >= 4 is 17.4 Å². The van der Waals surface area contributed by atoms with Crippen molar-refractivity contribution in [2.45, 2.75) is 45.2 Å². The van der Waals surface area contributed by atoms with Gasteiger partial charge in [0.2, 0.25) is 0 Å². The number of benzene rings is 1. The van der Waals surface area contributed by atoms with Crippen molar-refractivity contribution in [1.82, 2.24) is 14.3 Å². The number of nitrogens with one attached hydrogen (secondary N) is 1. The molecule has 0 aliphatic carbocycles. The van der Waals surface area contributed by atoms with Crippen LogP contribution < -0.4 is 5.32 Å². The van der Waals surface area contributed by atoms with Crippen LogP contribution in [-0.2, 0) is 0 Å². The third kappa shape index (κ3) is 2.78. The van der Waals surface area contributed by atoms with E-state index in [9.17, 15) is 4.79 Å². The minimum atomic E-state index is 0.0388. The zero-order valence-electron chi connectivity index (χ0n) is 15.7. The first-order valence-electron chi connectivity index (χ1n) is 9.71. The smallest absolute Gasteiger partial charge is 0.318 e. The molecule has 1 aromatic carbocycles. The van der Waals surface area contributed by atoms with Gasteiger partial charge >= 0.3 is 6.03 Å². The molecule has 27 heavy (non-hydrogen) atoms. The fourth-order valence-electron chi connectivity index (χ4n) is 4.74. The minimum absolute atomic E-state index is 0.0388. The number of nitrogens with zero attached hydrogens (tertiary/aromatic N) is 3. The number of hydrogen-bond acceptors (Lipinski definition) is 2. The van der Waals surface area contributed by atoms with Gasteiger partial charge in [0.1, 0.15) is 5.65 Å². The van der Waals surface area contributed by atoms with Crippen molar-refractivity contribution in [3.63, 3.8) is 0 Å². The summed E-state index contributed by atoms with van der Waals surface area (Å²) >= 11 is 0. The standard InChI is InChI=1S/C22H24N4O/c1-14-8-18-11-19(9-14)26(18)22(27)24-17-6-5-15(2)20(10-17)16-12-23-21-4-3-7-25(21)13-16/h3-7,10,12-14,18-19H,8-9,11H2,1-2H3,(H,24,27). The monoisotopic (exact) mass is 360 g/mol. The van der Waals surface area contributed by atoms with Crippen molar-refractivity contribution in [3.8, 4) is 11.1 Å². The topological polar surface area (TPSA) is 49.6 Å². The number of urea groups is 1. The summed E-state index contributed by atoms with van der Waals surface area (Å²) in [5.41, 5.74) is 5.07. The number of amides is 2. The predicted octanol–water partition coefficient (Wildman–Crippen LogP) is 4.71. The van der Waals surface area contributed by atoms with Gasteiger partial charge < -0.3 is 14.6 Å². The maximum atomic E-state index is 12.8. The van der Waals surface area contributed by atoms with Gasteiger partial charge in [-0.1, -0.05) is 13.0 Å². The van der Waals surface area contributed by atoms with Crippen LogP contribution in [0.3, 0.4) is 0 Å². The Hall–Kier alpha value is -2.82. The van der Waals surface area contributed by atoms with Gasteiger partial charge in [0.25, 0.3) is 0 Å². The molecule has 2 fully saturated rings. The third-order valence-corrected chi connectivity index (χ3v) is 6.08. The van der Waals surface area contributed by atoms with Crippen molar-refractivity contribution in [2.24, 2.45) is 5.92 Å². The lowest BCUT2D eigenvalue weighted by Crippen LogP contribution is -2.63. The number of piperidine rings is 1. The molecule has 2 saturated heterocycles. The van der Waals surface area contributed by atoms with Crippen LogP contribution in [-0.4, -0.2) is 32.4 Å². The molecule has 2 aliphatic rings. The van der Waals surface area contributed by atoms with E-state index in [-0.39, 0.29) is 6.03 Å². The molecule has 2 amide bonds. The second-order valence-electron chi connectivity index (χ2n) is 8.10. The van der Waals surface area contributed by atoms with E-state index in [1.165, 1.54) is 6.42 Å². The maximum Gasteiger partial charge on any atom is 0.322 e. The van der Waals surface area contributed by atoms with Crippen LogP contribution in [0, 0.1) is 12.8 Å². The quantitative estimate of drug-likeness (QED) is 0.719. The van der Waals surface area contributed by atoms with E-state index in [0.717, 1.165) is 46.8 Å². The lowest BCUT2D eigenvalue weighted by atomic mass is 9.74. The Morgan fingerprint density at radius 3 is 2.81 bits per heavy atom. The Balaban J connectivity index is 1.39. The SMILES string of the molecule is Cc1ccc(NC(=O)N2C3CC(C)CC2C3)cc1-c1cnc2cccn2c1. The van der Waals surface area contributed by atoms with Crippen LogP contribution in [0.15, 0.2) is 48.9 Å². The molecule has 1 N–H and O–H groups in total. The molecule has 2 atom stereocenters. The Morgan fingerprint density at radius 1 is 1.19 bits per heavy atom. The van der Waals surface area contributed by atoms with Gasteiger partial charge in [-0.15, -0.1) is 0 Å². The normalized spacial score (nSPS) is 23.9. The minimum Gasteiger partial charge on any atom is -0.318 e. The number of rotatable bonds is 2. The molecule has 2 aliphatic heterocycles. The summed E-state index contributed by atoms with van der Waals surface area (Å²) in [6.45, 7) is 4.37. The van der Waals surface area contributed by atoms with Crippen LogP contribution in [0.25, 0.3) is 16.8 Å². The van der Waals surface area contributed by atoms with Crippen molar-refractivity contribution in [2.75, 3.05) is 5.32 Å². The molecule has 5 heteroatoms. The van der Waals surface area contributed by atoms with E-state index in [2.05, 4.69) is 42.5 Å². The number of carbonyl (C=O) groups is 1. The summed E-state index contributed by atoms with van der Waals surface area (Å²) < 4.78 is 2.02. The lowest BCUT2D eigenvalue weighted by molar-refractivity contribution is -0.00600. The van der Waals surface area contributed by atoms with Gasteiger partial charge in [0.15, 0.2) is 0 Å². The van der Waals surface area contributed by atoms with Gasteiger partial charge in [-0.05, 0) is 67.5 Å². The van der Waals surface area contributed by atoms with Crippen LogP contribution in [0.4, 0.5) is 10.5 Å². The molecule has 2 unspecified atom stereocenters. The number of fused-ring (bicyclic) bond motifs is 3. The summed E-state index contributed by atoms with van der Waals surface area (Å²) in [5, 5.41) is 3.12. The molecule has 5 nitrogen and oxygen atoms in total. The molecular formula is C22H24N4O. The van der Waals surface area contributed by atoms with Crippen LogP contribution >= 0.6 is 0 Å². The van der Waals surface area contributed by atoms with E-state index in [1.54, 1.807) is 0 Å². The fourth-order valence-corrected chi connectivity index (χ4v) is 4.74. The first-order valence-corrected chi connectivity index (χ1v) is 9.71. The zero-order valence-corrected chi connectivity index (χ0v) is 15.7. The lowest BCUT2D eigenvalue weighted by Gasteiger charge is -2.54. The Morgan fingerprint density at radius 2 is 2.00 bits per heavy atom. The molecule has 0 radical (unpaired) electrons. The average Bonchev–Trinajstić information content (AvgIpc) is 3.10. The Bertz CT molecular complexity index is 1010. The van der Waals surface area contributed by atoms with Gasteiger partial charge in [-0.25, -0.2) is 9.78 Å². The third-order valence-electron chi connectivity index (χ3n) is 6.08. The second kappa shape index (κ2) is 6.12. The van der Waals surface area contributed by atoms with E-state index in [0.29, 0.717) is 12.1 Å². The first kappa shape index (κ1) is 16.4. The second-order valence-corrected chi connectivity index (χ2v) is 8.10. The maximum absolute atomic E-state index is 12.8. The van der Waals surface area contributed by atoms with Crippen molar-refractivity contribution in [1.29, 1.82) is 0 Å². The first-order chi connectivity index (χ1) is 13.1. The van der Waals surface area contributed by atoms with Crippen LogP contribution in [0.1, 0.15) is 31.7 Å². The highest BCUT2D eigenvalue weighted by Gasteiger charge is 2.46. The van der Waals surface area contributed by atoms with E-state index in [4.69, 9.17) is 0 Å². The van der Waals surface area contributed by atoms with Crippen molar-refractivity contribution < 1.29 is 4.79 Å². The number of aromatic nitrogens is 2. The summed E-state index contributed by atoms with van der Waals surface area (Å²) in [7, 11) is 0. The van der Waals surface area contributed by atoms with E-state index >= 15 is 0 Å². The van der Waals surface area contributed by atoms with Gasteiger partial charge in [-0.3, -0.25) is 0 Å². The number of aryl methyl sites for hydroxylation is 1. The summed E-state index contributed by atoms with van der Waals surface area (Å²) in [6, 6.07) is 10.9. The molecule has 0 saturated carbocycles. The predicted molar refractivity (Wildman–Crippen MR) is 107 cm³/mol. The van der Waals surface area contributed by atoms with E-state index < -0.39 is 0 Å². The largest absolute Gasteiger partial charge is 0.322 e. The van der Waals surface area contributed by atoms with Crippen molar-refractivity contribution in [3.05, 3.63) is 54.5 Å². The number of anilines is 1. The highest BCUT2D eigenvalue weighted by Crippen LogP contribution is 2.41. The van der Waals surface area contributed by atoms with Gasteiger partial charge in [-0.2, -0.15) is 0 Å². The van der Waals surface area contributed by atoms with Crippen LogP contribution in [0.2, 0.25) is 0 Å². The fraction of sp³-hybridized carbons (Fsp3) is 0.364. The summed E-state index contributed by atoms with van der Waals surface area (Å²) in [5.74, 6) is 0.736. The molecule has 3 aromatic rings. The molecule has 0 spiro atoms. The molecule has 2 bridgehead atoms. The summed E-state index contributed by atoms with van der Waals surface area (Å²) in [6.07, 6.45) is 9.40. The Kier molecular flexibility index (Phi) is 3.71. The highest BCUT2D eigenvalue weighted by atomic mass is 16.2. The van der Waals surface area contributed by atoms with Crippen LogP contribution in [0.5, 0.6) is 0 Å². The molecule has 5 rings (SSSR count). The van der Waals surface area contributed by atoms with E-state index in [1.807, 2.05) is 39.9 Å². The zero-order chi connectivity index (χ0) is 18.5. The summed E-state index contributed by atoms with van der Waals surface area (Å²) in [4.78, 5) is 19.3. The Labute approximate surface area is 159 Å². The molecule has 4 heterocycles. The number of hydrogen-bond donors (Lipinski definition) is 1. The van der Waals surface area contributed by atoms with Gasteiger partial charge in [0, 0.05) is 41.9 Å². The molecule has 2 aromatic heterocycles. The van der Waals surface area contributed by atoms with Gasteiger partial charge in [0.05, 0.1) is 0 Å².